The summed E-state index contributed by atoms with van der Waals surface area (Å²) in [6.07, 6.45) is 2.15. The average Bonchev–Trinajstić information content (AvgIpc) is 2.72. The van der Waals surface area contributed by atoms with Crippen LogP contribution in [0.4, 0.5) is 5.69 Å². The van der Waals surface area contributed by atoms with E-state index >= 15 is 0 Å². The van der Waals surface area contributed by atoms with Crippen molar-refractivity contribution in [1.82, 2.24) is 0 Å². The van der Waals surface area contributed by atoms with Crippen LogP contribution in [0.1, 0.15) is 61.9 Å². The maximum atomic E-state index is 5.82. The van der Waals surface area contributed by atoms with Crippen molar-refractivity contribution in [3.63, 3.8) is 0 Å². The number of methoxy groups -OCH3 is 1. The van der Waals surface area contributed by atoms with Gasteiger partial charge in [0.2, 0.25) is 0 Å². The Balaban J connectivity index is 2.58. The number of aryl methyl sites for hydroxylation is 1. The van der Waals surface area contributed by atoms with Crippen LogP contribution in [0.2, 0.25) is 0 Å². The minimum absolute atomic E-state index is 0.338. The number of anilines is 1. The van der Waals surface area contributed by atoms with E-state index in [9.17, 15) is 0 Å². The van der Waals surface area contributed by atoms with Gasteiger partial charge in [-0.25, -0.2) is 0 Å². The summed E-state index contributed by atoms with van der Waals surface area (Å²) in [5.41, 5.74) is 7.47. The summed E-state index contributed by atoms with van der Waals surface area (Å²) in [6.45, 7) is 16.3. The lowest BCUT2D eigenvalue weighted by atomic mass is 9.90. The fraction of sp³-hybridized carbons (Fsp3) is 0.538. The fourth-order valence-electron chi connectivity index (χ4n) is 4.53. The molecule has 0 amide bonds. The van der Waals surface area contributed by atoms with Gasteiger partial charge in [0, 0.05) is 19.2 Å². The Labute approximate surface area is 187 Å². The van der Waals surface area contributed by atoms with E-state index in [-0.39, 0.29) is 0 Å². The number of benzene rings is 2. The second kappa shape index (κ2) is 11.0. The van der Waals surface area contributed by atoms with Crippen LogP contribution in [-0.4, -0.2) is 29.7 Å². The van der Waals surface area contributed by atoms with Crippen molar-refractivity contribution in [2.24, 2.45) is 5.92 Å². The Morgan fingerprint density at radius 3 is 2.07 bits per heavy atom. The predicted octanol–water partition coefficient (Wildman–Crippen LogP) is 6.09. The molecule has 0 N–H and O–H groups in total. The number of hydrogen-bond acceptors (Lipinski definition) is 3. The lowest BCUT2D eigenvalue weighted by Gasteiger charge is -2.42. The number of ether oxygens (including phenoxy) is 1. The van der Waals surface area contributed by atoms with Gasteiger partial charge in [-0.3, -0.25) is 0 Å². The smallest absolute Gasteiger partial charge is 0.341 e. The van der Waals surface area contributed by atoms with E-state index in [0.29, 0.717) is 24.6 Å². The molecule has 30 heavy (non-hydrogen) atoms. The van der Waals surface area contributed by atoms with Crippen LogP contribution in [0.5, 0.6) is 5.75 Å². The van der Waals surface area contributed by atoms with Gasteiger partial charge < -0.3 is 14.1 Å². The summed E-state index contributed by atoms with van der Waals surface area (Å²) in [4.78, 5) is 2.57. The summed E-state index contributed by atoms with van der Waals surface area (Å²) in [6, 6.07) is 11.5. The molecule has 0 aromatic heterocycles. The van der Waals surface area contributed by atoms with Crippen molar-refractivity contribution >= 4 is 16.2 Å². The van der Waals surface area contributed by atoms with Crippen LogP contribution in [0.25, 0.3) is 0 Å². The monoisotopic (exact) mass is 424 g/mol. The molecule has 3 radical (unpaired) electrons. The molecule has 0 saturated carbocycles. The highest BCUT2D eigenvalue weighted by Gasteiger charge is 2.30. The van der Waals surface area contributed by atoms with Gasteiger partial charge in [-0.1, -0.05) is 44.2 Å². The van der Waals surface area contributed by atoms with Crippen molar-refractivity contribution < 1.29 is 9.16 Å². The molecule has 0 aliphatic heterocycles. The van der Waals surface area contributed by atoms with Gasteiger partial charge in [-0.05, 0) is 81.2 Å². The van der Waals surface area contributed by atoms with Crippen LogP contribution in [0.3, 0.4) is 0 Å². The van der Waals surface area contributed by atoms with E-state index in [2.05, 4.69) is 94.2 Å². The zero-order valence-corrected chi connectivity index (χ0v) is 21.0. The van der Waals surface area contributed by atoms with Crippen molar-refractivity contribution in [2.45, 2.75) is 80.0 Å². The van der Waals surface area contributed by atoms with Crippen molar-refractivity contribution in [3.05, 3.63) is 58.1 Å². The second-order valence-electron chi connectivity index (χ2n) is 8.90. The zero-order valence-electron chi connectivity index (χ0n) is 20.0. The van der Waals surface area contributed by atoms with Crippen molar-refractivity contribution in [2.75, 3.05) is 12.0 Å². The standard InChI is InChI=1S/C26H38NO2Si/c1-17(2)24(15-14-22-12-10-9-11-13-22)27(18(3)4)25-21(7)23(16-28-8)19(5)20(6)26(25)29-30/h9-13,17-18,24H,14-16H2,1-8H3. The van der Waals surface area contributed by atoms with Crippen molar-refractivity contribution in [3.8, 4) is 5.75 Å². The first-order valence-corrected chi connectivity index (χ1v) is 11.4. The number of nitrogens with zero attached hydrogens (tertiary/aromatic N) is 1. The largest absolute Gasteiger partial charge is 0.539 e. The predicted molar refractivity (Wildman–Crippen MR) is 129 cm³/mol. The van der Waals surface area contributed by atoms with Gasteiger partial charge >= 0.3 is 10.5 Å². The molecule has 0 aliphatic carbocycles. The van der Waals surface area contributed by atoms with Crippen LogP contribution in [0.15, 0.2) is 30.3 Å². The maximum absolute atomic E-state index is 5.82. The molecular weight excluding hydrogens is 386 g/mol. The maximum Gasteiger partial charge on any atom is 0.341 e. The van der Waals surface area contributed by atoms with Crippen LogP contribution < -0.4 is 9.33 Å². The highest BCUT2D eigenvalue weighted by molar-refractivity contribution is 6.01. The van der Waals surface area contributed by atoms with Crippen LogP contribution >= 0.6 is 0 Å². The molecule has 163 valence electrons. The first kappa shape index (κ1) is 24.5. The molecule has 0 bridgehead atoms. The third kappa shape index (κ3) is 5.28. The Morgan fingerprint density at radius 1 is 0.933 bits per heavy atom. The van der Waals surface area contributed by atoms with E-state index in [1.165, 1.54) is 27.9 Å². The normalized spacial score (nSPS) is 12.5. The van der Waals surface area contributed by atoms with Gasteiger partial charge in [0.1, 0.15) is 5.75 Å². The number of hydrogen-bond donors (Lipinski definition) is 0. The molecule has 3 nitrogen and oxygen atoms in total. The van der Waals surface area contributed by atoms with Crippen LogP contribution in [-0.2, 0) is 17.8 Å². The highest BCUT2D eigenvalue weighted by atomic mass is 28.2. The zero-order chi connectivity index (χ0) is 22.4. The number of rotatable bonds is 10. The quantitative estimate of drug-likeness (QED) is 0.431. The molecule has 0 aliphatic rings. The molecule has 4 heteroatoms. The molecule has 1 atom stereocenters. The summed E-state index contributed by atoms with van der Waals surface area (Å²) < 4.78 is 11.4. The van der Waals surface area contributed by atoms with E-state index in [0.717, 1.165) is 24.2 Å². The van der Waals surface area contributed by atoms with Gasteiger partial charge in [-0.2, -0.15) is 0 Å². The third-order valence-electron chi connectivity index (χ3n) is 6.28. The molecule has 2 aromatic rings. The fourth-order valence-corrected chi connectivity index (χ4v) is 4.77. The van der Waals surface area contributed by atoms with Gasteiger partial charge in [0.05, 0.1) is 12.3 Å². The Morgan fingerprint density at radius 2 is 1.57 bits per heavy atom. The summed E-state index contributed by atoms with van der Waals surface area (Å²) >= 11 is 0. The molecule has 2 aromatic carbocycles. The first-order chi connectivity index (χ1) is 14.2. The Hall–Kier alpha value is -1.78. The Kier molecular flexibility index (Phi) is 8.99. The summed E-state index contributed by atoms with van der Waals surface area (Å²) in [5, 5.41) is 0. The minimum atomic E-state index is 0.338. The van der Waals surface area contributed by atoms with Gasteiger partial charge in [0.15, 0.2) is 0 Å². The topological polar surface area (TPSA) is 21.7 Å². The molecule has 0 heterocycles. The lowest BCUT2D eigenvalue weighted by Crippen LogP contribution is -2.45. The van der Waals surface area contributed by atoms with E-state index in [1.54, 1.807) is 7.11 Å². The van der Waals surface area contributed by atoms with Gasteiger partial charge in [-0.15, -0.1) is 0 Å². The molecular formula is C26H38NO2Si. The Bertz CT molecular complexity index is 818. The third-order valence-corrected chi connectivity index (χ3v) is 6.49. The van der Waals surface area contributed by atoms with Gasteiger partial charge in [0.25, 0.3) is 0 Å². The molecule has 0 fully saturated rings. The van der Waals surface area contributed by atoms with E-state index in [4.69, 9.17) is 9.16 Å². The lowest BCUT2D eigenvalue weighted by molar-refractivity contribution is 0.183. The van der Waals surface area contributed by atoms with E-state index in [1.807, 2.05) is 0 Å². The molecule has 0 saturated heterocycles. The minimum Gasteiger partial charge on any atom is -0.539 e. The summed E-state index contributed by atoms with van der Waals surface area (Å²) in [5.74, 6) is 1.42. The molecule has 0 spiro atoms. The van der Waals surface area contributed by atoms with Crippen LogP contribution in [0, 0.1) is 26.7 Å². The second-order valence-corrected chi connectivity index (χ2v) is 9.11. The molecule has 2 rings (SSSR count). The summed E-state index contributed by atoms with van der Waals surface area (Å²) in [7, 11) is 5.13. The van der Waals surface area contributed by atoms with E-state index < -0.39 is 0 Å². The SMILES string of the molecule is COCc1c(C)c(C)c(O[Si])c(N(C(C)C)C(CCc2ccccc2)C(C)C)c1C. The first-order valence-electron chi connectivity index (χ1n) is 11.0. The average molecular weight is 425 g/mol. The molecule has 1 unspecified atom stereocenters. The van der Waals surface area contributed by atoms with Crippen molar-refractivity contribution in [1.29, 1.82) is 0 Å². The highest BCUT2D eigenvalue weighted by Crippen LogP contribution is 2.43.